The smallest absolute Gasteiger partial charge is 0.123 e. The summed E-state index contributed by atoms with van der Waals surface area (Å²) in [7, 11) is 0. The van der Waals surface area contributed by atoms with Gasteiger partial charge >= 0.3 is 0 Å². The number of halogens is 1. The topological polar surface area (TPSA) is 24.4 Å². The first-order valence-electron chi connectivity index (χ1n) is 6.29. The molecule has 1 N–H and O–H groups in total. The van der Waals surface area contributed by atoms with Crippen molar-refractivity contribution >= 4 is 5.84 Å². The van der Waals surface area contributed by atoms with E-state index in [9.17, 15) is 4.39 Å². The van der Waals surface area contributed by atoms with E-state index >= 15 is 0 Å². The van der Waals surface area contributed by atoms with E-state index in [2.05, 4.69) is 17.2 Å². The number of aliphatic imine (C=N–C) groups is 1. The number of fused-ring (bicyclic) bond motifs is 1. The quantitative estimate of drug-likeness (QED) is 0.832. The molecular formula is C14H17FN2. The summed E-state index contributed by atoms with van der Waals surface area (Å²) < 4.78 is 13.2. The third kappa shape index (κ3) is 1.94. The van der Waals surface area contributed by atoms with Crippen LogP contribution in [0.15, 0.2) is 23.2 Å². The Bertz CT molecular complexity index is 467. The molecule has 1 heterocycles. The molecule has 90 valence electrons. The van der Waals surface area contributed by atoms with Gasteiger partial charge < -0.3 is 5.32 Å². The zero-order chi connectivity index (χ0) is 11.8. The molecule has 0 amide bonds. The van der Waals surface area contributed by atoms with Gasteiger partial charge in [0.25, 0.3) is 0 Å². The van der Waals surface area contributed by atoms with Crippen LogP contribution in [0.5, 0.6) is 0 Å². The van der Waals surface area contributed by atoms with Crippen LogP contribution in [0.3, 0.4) is 0 Å². The van der Waals surface area contributed by atoms with E-state index in [0.29, 0.717) is 11.8 Å². The molecule has 3 rings (SSSR count). The minimum Gasteiger partial charge on any atom is -0.372 e. The average Bonchev–Trinajstić information content (AvgIpc) is 2.88. The highest BCUT2D eigenvalue weighted by Gasteiger charge is 2.30. The Kier molecular flexibility index (Phi) is 2.61. The fraction of sp³-hybridized carbons (Fsp3) is 0.500. The minimum absolute atomic E-state index is 0.118. The highest BCUT2D eigenvalue weighted by atomic mass is 19.1. The number of hydrogen-bond donors (Lipinski definition) is 1. The maximum absolute atomic E-state index is 13.2. The molecule has 2 unspecified atom stereocenters. The number of rotatable bonds is 2. The van der Waals surface area contributed by atoms with E-state index in [1.54, 1.807) is 12.1 Å². The van der Waals surface area contributed by atoms with E-state index < -0.39 is 0 Å². The van der Waals surface area contributed by atoms with E-state index in [4.69, 9.17) is 0 Å². The van der Waals surface area contributed by atoms with Crippen LogP contribution in [0.4, 0.5) is 4.39 Å². The zero-order valence-electron chi connectivity index (χ0n) is 10.0. The highest BCUT2D eigenvalue weighted by molar-refractivity contribution is 5.84. The second-order valence-corrected chi connectivity index (χ2v) is 5.09. The standard InChI is InChI=1S/C14H17FN2/c1-9-6-10-7-11(15)2-3-12(10)13(9)8-14-16-4-5-17-14/h2-3,7,9,13H,4-6,8H2,1H3,(H,16,17). The summed E-state index contributed by atoms with van der Waals surface area (Å²) in [5.41, 5.74) is 2.50. The van der Waals surface area contributed by atoms with Gasteiger partial charge in [-0.2, -0.15) is 0 Å². The lowest BCUT2D eigenvalue weighted by molar-refractivity contribution is 0.508. The predicted molar refractivity (Wildman–Crippen MR) is 66.9 cm³/mol. The molecule has 1 aromatic carbocycles. The van der Waals surface area contributed by atoms with E-state index in [0.717, 1.165) is 31.8 Å². The summed E-state index contributed by atoms with van der Waals surface area (Å²) in [6.07, 6.45) is 1.96. The molecule has 0 aromatic heterocycles. The SMILES string of the molecule is CC1Cc2cc(F)ccc2C1CC1=NCCN1. The van der Waals surface area contributed by atoms with Gasteiger partial charge in [-0.15, -0.1) is 0 Å². The molecule has 2 atom stereocenters. The molecule has 1 aromatic rings. The van der Waals surface area contributed by atoms with Crippen molar-refractivity contribution in [1.82, 2.24) is 5.32 Å². The van der Waals surface area contributed by atoms with Crippen LogP contribution in [-0.2, 0) is 6.42 Å². The van der Waals surface area contributed by atoms with Gasteiger partial charge in [0.1, 0.15) is 5.82 Å². The van der Waals surface area contributed by atoms with Crippen molar-refractivity contribution in [2.45, 2.75) is 25.7 Å². The second-order valence-electron chi connectivity index (χ2n) is 5.09. The first-order valence-corrected chi connectivity index (χ1v) is 6.29. The first-order chi connectivity index (χ1) is 8.24. The van der Waals surface area contributed by atoms with Gasteiger partial charge in [-0.1, -0.05) is 13.0 Å². The van der Waals surface area contributed by atoms with Gasteiger partial charge in [0.2, 0.25) is 0 Å². The lowest BCUT2D eigenvalue weighted by Crippen LogP contribution is -2.22. The van der Waals surface area contributed by atoms with Crippen molar-refractivity contribution in [3.05, 3.63) is 35.1 Å². The fourth-order valence-electron chi connectivity index (χ4n) is 3.01. The normalized spacial score (nSPS) is 26.6. The highest BCUT2D eigenvalue weighted by Crippen LogP contribution is 2.40. The Morgan fingerprint density at radius 1 is 1.47 bits per heavy atom. The van der Waals surface area contributed by atoms with Crippen LogP contribution in [0, 0.1) is 11.7 Å². The van der Waals surface area contributed by atoms with Crippen molar-refractivity contribution in [2.75, 3.05) is 13.1 Å². The lowest BCUT2D eigenvalue weighted by Gasteiger charge is -2.16. The van der Waals surface area contributed by atoms with E-state index in [1.807, 2.05) is 6.07 Å². The van der Waals surface area contributed by atoms with Crippen LogP contribution < -0.4 is 5.32 Å². The summed E-state index contributed by atoms with van der Waals surface area (Å²) >= 11 is 0. The monoisotopic (exact) mass is 232 g/mol. The summed E-state index contributed by atoms with van der Waals surface area (Å²) in [6, 6.07) is 5.22. The van der Waals surface area contributed by atoms with Gasteiger partial charge in [-0.05, 0) is 41.5 Å². The molecular weight excluding hydrogens is 215 g/mol. The third-order valence-corrected chi connectivity index (χ3v) is 3.89. The molecule has 17 heavy (non-hydrogen) atoms. The van der Waals surface area contributed by atoms with Gasteiger partial charge in [-0.25, -0.2) is 4.39 Å². The molecule has 1 aliphatic heterocycles. The fourth-order valence-corrected chi connectivity index (χ4v) is 3.01. The molecule has 3 heteroatoms. The number of benzene rings is 1. The Morgan fingerprint density at radius 3 is 3.12 bits per heavy atom. The van der Waals surface area contributed by atoms with Gasteiger partial charge in [0.15, 0.2) is 0 Å². The molecule has 2 aliphatic rings. The van der Waals surface area contributed by atoms with Gasteiger partial charge in [0.05, 0.1) is 12.4 Å². The van der Waals surface area contributed by atoms with Crippen molar-refractivity contribution < 1.29 is 4.39 Å². The van der Waals surface area contributed by atoms with Crippen LogP contribution >= 0.6 is 0 Å². The summed E-state index contributed by atoms with van der Waals surface area (Å²) in [4.78, 5) is 4.46. The van der Waals surface area contributed by atoms with Crippen molar-refractivity contribution in [3.63, 3.8) is 0 Å². The second kappa shape index (κ2) is 4.13. The molecule has 0 spiro atoms. The van der Waals surface area contributed by atoms with Gasteiger partial charge in [0, 0.05) is 13.0 Å². The van der Waals surface area contributed by atoms with Crippen molar-refractivity contribution in [2.24, 2.45) is 10.9 Å². The largest absolute Gasteiger partial charge is 0.372 e. The van der Waals surface area contributed by atoms with E-state index in [-0.39, 0.29) is 5.82 Å². The van der Waals surface area contributed by atoms with Gasteiger partial charge in [-0.3, -0.25) is 4.99 Å². The van der Waals surface area contributed by atoms with Crippen molar-refractivity contribution in [1.29, 1.82) is 0 Å². The third-order valence-electron chi connectivity index (χ3n) is 3.89. The van der Waals surface area contributed by atoms with Crippen LogP contribution in [0.25, 0.3) is 0 Å². The Morgan fingerprint density at radius 2 is 2.35 bits per heavy atom. The molecule has 0 radical (unpaired) electrons. The zero-order valence-corrected chi connectivity index (χ0v) is 10.0. The average molecular weight is 232 g/mol. The van der Waals surface area contributed by atoms with E-state index in [1.165, 1.54) is 11.1 Å². The number of amidine groups is 1. The summed E-state index contributed by atoms with van der Waals surface area (Å²) in [6.45, 7) is 4.11. The van der Waals surface area contributed by atoms with Crippen LogP contribution in [0.1, 0.15) is 30.4 Å². The number of nitrogens with one attached hydrogen (secondary N) is 1. The summed E-state index contributed by atoms with van der Waals surface area (Å²) in [5, 5.41) is 3.32. The summed E-state index contributed by atoms with van der Waals surface area (Å²) in [5.74, 6) is 2.08. The Balaban J connectivity index is 1.86. The first kappa shape index (κ1) is 10.8. The maximum atomic E-state index is 13.2. The Hall–Kier alpha value is -1.38. The lowest BCUT2D eigenvalue weighted by atomic mass is 9.90. The Labute approximate surface area is 101 Å². The minimum atomic E-state index is -0.118. The molecule has 0 fully saturated rings. The van der Waals surface area contributed by atoms with Crippen molar-refractivity contribution in [3.8, 4) is 0 Å². The van der Waals surface area contributed by atoms with Crippen LogP contribution in [0.2, 0.25) is 0 Å². The molecule has 0 saturated carbocycles. The molecule has 1 aliphatic carbocycles. The molecule has 2 nitrogen and oxygen atoms in total. The predicted octanol–water partition coefficient (Wildman–Crippen LogP) is 2.49. The van der Waals surface area contributed by atoms with Crippen LogP contribution in [-0.4, -0.2) is 18.9 Å². The molecule has 0 saturated heterocycles. The number of hydrogen-bond acceptors (Lipinski definition) is 2. The maximum Gasteiger partial charge on any atom is 0.123 e. The number of nitrogens with zero attached hydrogens (tertiary/aromatic N) is 1. The molecule has 0 bridgehead atoms.